The molecule has 146 valence electrons. The van der Waals surface area contributed by atoms with Crippen LogP contribution in [0.1, 0.15) is 16.1 Å². The first kappa shape index (κ1) is 20.7. The molecule has 2 aromatic carbocycles. The van der Waals surface area contributed by atoms with Gasteiger partial charge >= 0.3 is 0 Å². The molecular weight excluding hydrogens is 438 g/mol. The Labute approximate surface area is 176 Å². The monoisotopic (exact) mass is 453 g/mol. The Kier molecular flexibility index (Phi) is 6.29. The first-order valence-electron chi connectivity index (χ1n) is 7.98. The van der Waals surface area contributed by atoms with E-state index in [0.717, 1.165) is 21.2 Å². The molecule has 0 aliphatic rings. The van der Waals surface area contributed by atoms with Crippen molar-refractivity contribution in [1.29, 1.82) is 0 Å². The smallest absolute Gasteiger partial charge is 0.255 e. The molecule has 0 spiro atoms. The number of amides is 1. The van der Waals surface area contributed by atoms with Crippen molar-refractivity contribution < 1.29 is 13.2 Å². The topological polar surface area (TPSA) is 88.2 Å². The summed E-state index contributed by atoms with van der Waals surface area (Å²) in [5.74, 6) is -0.371. The summed E-state index contributed by atoms with van der Waals surface area (Å²) in [4.78, 5) is 17.7. The molecule has 0 atom stereocenters. The van der Waals surface area contributed by atoms with Crippen molar-refractivity contribution in [1.82, 2.24) is 4.98 Å². The van der Waals surface area contributed by atoms with Gasteiger partial charge in [0, 0.05) is 32.9 Å². The lowest BCUT2D eigenvalue weighted by atomic mass is 10.2. The Hall–Kier alpha value is -2.07. The molecule has 6 nitrogen and oxygen atoms in total. The Morgan fingerprint density at radius 1 is 1.18 bits per heavy atom. The fraction of sp³-hybridized carbons (Fsp3) is 0.111. The molecule has 0 bridgehead atoms. The van der Waals surface area contributed by atoms with Crippen LogP contribution in [-0.2, 0) is 10.0 Å². The minimum absolute atomic E-state index is 0.318. The highest BCUT2D eigenvalue weighted by molar-refractivity contribution is 8.01. The highest BCUT2D eigenvalue weighted by Crippen LogP contribution is 2.36. The second-order valence-electron chi connectivity index (χ2n) is 5.91. The summed E-state index contributed by atoms with van der Waals surface area (Å²) < 4.78 is 25.9. The predicted molar refractivity (Wildman–Crippen MR) is 115 cm³/mol. The van der Waals surface area contributed by atoms with Crippen molar-refractivity contribution in [2.24, 2.45) is 0 Å². The zero-order valence-corrected chi connectivity index (χ0v) is 18.1. The summed E-state index contributed by atoms with van der Waals surface area (Å²) >= 11 is 9.35. The van der Waals surface area contributed by atoms with Crippen LogP contribution in [0.2, 0.25) is 5.02 Å². The number of hydrogen-bond donors (Lipinski definition) is 2. The van der Waals surface area contributed by atoms with Crippen LogP contribution in [0.5, 0.6) is 0 Å². The molecule has 0 aliphatic heterocycles. The Balaban J connectivity index is 1.72. The van der Waals surface area contributed by atoms with E-state index in [1.165, 1.54) is 17.8 Å². The van der Waals surface area contributed by atoms with Gasteiger partial charge < -0.3 is 5.32 Å². The number of hydrogen-bond acceptors (Lipinski definition) is 6. The van der Waals surface area contributed by atoms with E-state index in [1.54, 1.807) is 41.7 Å². The van der Waals surface area contributed by atoms with Crippen LogP contribution in [-0.4, -0.2) is 25.6 Å². The molecule has 1 amide bonds. The van der Waals surface area contributed by atoms with Crippen molar-refractivity contribution >= 4 is 62.0 Å². The summed E-state index contributed by atoms with van der Waals surface area (Å²) in [6.45, 7) is 1.93. The standard InChI is InChI=1S/C18H16ClN3O3S3/c1-11-10-26-18(20-11)27-16-7-6-13(9-15(16)19)21-17(23)12-4-3-5-14(8-12)22-28(2,24)25/h3-10,22H,1-2H3,(H,21,23). The van der Waals surface area contributed by atoms with Gasteiger partial charge in [0.25, 0.3) is 5.91 Å². The third-order valence-corrected chi connectivity index (χ3v) is 6.58. The summed E-state index contributed by atoms with van der Waals surface area (Å²) in [5, 5.41) is 5.23. The molecule has 3 rings (SSSR count). The average Bonchev–Trinajstić information content (AvgIpc) is 3.01. The van der Waals surface area contributed by atoms with Gasteiger partial charge in [0.1, 0.15) is 0 Å². The molecular formula is C18H16ClN3O3S3. The van der Waals surface area contributed by atoms with Crippen molar-refractivity contribution in [3.8, 4) is 0 Å². The van der Waals surface area contributed by atoms with Gasteiger partial charge in [0.15, 0.2) is 4.34 Å². The molecule has 10 heteroatoms. The fourth-order valence-corrected chi connectivity index (χ4v) is 4.92. The Morgan fingerprint density at radius 3 is 2.61 bits per heavy atom. The highest BCUT2D eigenvalue weighted by atomic mass is 35.5. The van der Waals surface area contributed by atoms with Crippen molar-refractivity contribution in [3.63, 3.8) is 0 Å². The lowest BCUT2D eigenvalue weighted by Crippen LogP contribution is -2.14. The largest absolute Gasteiger partial charge is 0.322 e. The maximum absolute atomic E-state index is 12.5. The minimum atomic E-state index is -3.42. The maximum atomic E-state index is 12.5. The molecule has 28 heavy (non-hydrogen) atoms. The second-order valence-corrected chi connectivity index (χ2v) is 10.2. The number of benzene rings is 2. The van der Waals surface area contributed by atoms with Crippen LogP contribution < -0.4 is 10.0 Å². The molecule has 1 aromatic heterocycles. The Morgan fingerprint density at radius 2 is 1.96 bits per heavy atom. The number of carbonyl (C=O) groups excluding carboxylic acids is 1. The number of nitrogens with zero attached hydrogens (tertiary/aromatic N) is 1. The van der Waals surface area contributed by atoms with Gasteiger partial charge in [-0.15, -0.1) is 11.3 Å². The van der Waals surface area contributed by atoms with Gasteiger partial charge in [-0.1, -0.05) is 29.4 Å². The summed E-state index contributed by atoms with van der Waals surface area (Å²) in [7, 11) is -3.42. The number of sulfonamides is 1. The third kappa shape index (κ3) is 5.71. The lowest BCUT2D eigenvalue weighted by Gasteiger charge is -2.09. The highest BCUT2D eigenvalue weighted by Gasteiger charge is 2.11. The van der Waals surface area contributed by atoms with Crippen molar-refractivity contribution in [2.75, 3.05) is 16.3 Å². The van der Waals surface area contributed by atoms with Gasteiger partial charge in [-0.2, -0.15) is 0 Å². The van der Waals surface area contributed by atoms with Crippen molar-refractivity contribution in [3.05, 3.63) is 64.1 Å². The molecule has 1 heterocycles. The SMILES string of the molecule is Cc1csc(Sc2ccc(NC(=O)c3cccc(NS(C)(=O)=O)c3)cc2Cl)n1. The van der Waals surface area contributed by atoms with Gasteiger partial charge in [0.05, 0.1) is 11.3 Å². The molecule has 0 fully saturated rings. The summed E-state index contributed by atoms with van der Waals surface area (Å²) in [6.07, 6.45) is 1.05. The number of rotatable bonds is 6. The number of halogens is 1. The first-order chi connectivity index (χ1) is 13.2. The van der Waals surface area contributed by atoms with Crippen LogP contribution in [0.25, 0.3) is 0 Å². The molecule has 0 saturated carbocycles. The zero-order valence-electron chi connectivity index (χ0n) is 14.9. The lowest BCUT2D eigenvalue weighted by molar-refractivity contribution is 0.102. The Bertz CT molecular complexity index is 1130. The zero-order chi connectivity index (χ0) is 20.3. The van der Waals surface area contributed by atoms with E-state index in [2.05, 4.69) is 15.0 Å². The predicted octanol–water partition coefficient (Wildman–Crippen LogP) is 4.88. The molecule has 0 unspecified atom stereocenters. The minimum Gasteiger partial charge on any atom is -0.322 e. The van der Waals surface area contributed by atoms with Gasteiger partial charge in [0.2, 0.25) is 10.0 Å². The summed E-state index contributed by atoms with van der Waals surface area (Å²) in [6, 6.07) is 11.5. The van der Waals surface area contributed by atoms with E-state index in [1.807, 2.05) is 18.4 Å². The van der Waals surface area contributed by atoms with Crippen LogP contribution >= 0.6 is 34.7 Å². The number of thiazole rings is 1. The van der Waals surface area contributed by atoms with Crippen LogP contribution in [0.15, 0.2) is 57.1 Å². The quantitative estimate of drug-likeness (QED) is 0.555. The molecule has 3 aromatic rings. The molecule has 0 saturated heterocycles. The van der Waals surface area contributed by atoms with Crippen LogP contribution in [0.3, 0.4) is 0 Å². The van der Waals surface area contributed by atoms with E-state index >= 15 is 0 Å². The number of anilines is 2. The van der Waals surface area contributed by atoms with Crippen LogP contribution in [0.4, 0.5) is 11.4 Å². The molecule has 0 radical (unpaired) electrons. The second kappa shape index (κ2) is 8.52. The number of nitrogens with one attached hydrogen (secondary N) is 2. The number of aryl methyl sites for hydroxylation is 1. The van der Waals surface area contributed by atoms with E-state index < -0.39 is 10.0 Å². The van der Waals surface area contributed by atoms with E-state index in [0.29, 0.717) is 22.0 Å². The van der Waals surface area contributed by atoms with Gasteiger partial charge in [-0.05, 0) is 43.3 Å². The maximum Gasteiger partial charge on any atom is 0.255 e. The first-order valence-corrected chi connectivity index (χ1v) is 11.9. The number of carbonyl (C=O) groups is 1. The van der Waals surface area contributed by atoms with E-state index in [4.69, 9.17) is 11.6 Å². The van der Waals surface area contributed by atoms with Gasteiger partial charge in [-0.3, -0.25) is 9.52 Å². The fourth-order valence-electron chi connectivity index (χ4n) is 2.28. The third-order valence-electron chi connectivity index (χ3n) is 3.41. The van der Waals surface area contributed by atoms with Crippen molar-refractivity contribution in [2.45, 2.75) is 16.2 Å². The normalized spacial score (nSPS) is 11.2. The van der Waals surface area contributed by atoms with Crippen LogP contribution in [0, 0.1) is 6.92 Å². The van der Waals surface area contributed by atoms with E-state index in [-0.39, 0.29) is 5.91 Å². The number of aromatic nitrogens is 1. The van der Waals surface area contributed by atoms with E-state index in [9.17, 15) is 13.2 Å². The van der Waals surface area contributed by atoms with Gasteiger partial charge in [-0.25, -0.2) is 13.4 Å². The molecule has 2 N–H and O–H groups in total. The molecule has 0 aliphatic carbocycles. The summed E-state index contributed by atoms with van der Waals surface area (Å²) in [5.41, 5.74) is 2.14. The average molecular weight is 454 g/mol.